The van der Waals surface area contributed by atoms with Gasteiger partial charge in [-0.3, -0.25) is 4.72 Å². The molecule has 3 aromatic rings. The minimum atomic E-state index is -4.09. The monoisotopic (exact) mass is 385 g/mol. The Balaban J connectivity index is 2.05. The molecule has 0 unspecified atom stereocenters. The summed E-state index contributed by atoms with van der Waals surface area (Å²) >= 11 is 0. The first kappa shape index (κ1) is 18.5. The summed E-state index contributed by atoms with van der Waals surface area (Å²) in [6, 6.07) is 14.0. The van der Waals surface area contributed by atoms with Crippen molar-refractivity contribution in [2.75, 3.05) is 11.8 Å². The lowest BCUT2D eigenvalue weighted by Crippen LogP contribution is -2.16. The molecular formula is C19H16FN3O3S. The standard InChI is InChI=1S/C19H16FN3O3S/c1-3-13-7-4-5-8-14(13)19-15(26-2)11-12-17(22-19)23-27(24,25)18-10-6-9-16(20)21-18/h3-12H,1H2,2H3,(H,22,23). The van der Waals surface area contributed by atoms with Gasteiger partial charge in [-0.25, -0.2) is 9.97 Å². The van der Waals surface area contributed by atoms with Crippen molar-refractivity contribution < 1.29 is 17.5 Å². The van der Waals surface area contributed by atoms with Crippen molar-refractivity contribution in [3.05, 3.63) is 72.7 Å². The van der Waals surface area contributed by atoms with Gasteiger partial charge in [0.05, 0.1) is 7.11 Å². The van der Waals surface area contributed by atoms with Gasteiger partial charge >= 0.3 is 0 Å². The largest absolute Gasteiger partial charge is 0.494 e. The van der Waals surface area contributed by atoms with Gasteiger partial charge in [-0.1, -0.05) is 43.0 Å². The first-order chi connectivity index (χ1) is 12.9. The van der Waals surface area contributed by atoms with Gasteiger partial charge in [-0.15, -0.1) is 0 Å². The Morgan fingerprint density at radius 3 is 2.56 bits per heavy atom. The summed E-state index contributed by atoms with van der Waals surface area (Å²) in [5, 5.41) is -0.437. The molecule has 8 heteroatoms. The summed E-state index contributed by atoms with van der Waals surface area (Å²) < 4.78 is 45.8. The second-order valence-corrected chi connectivity index (χ2v) is 7.07. The number of pyridine rings is 2. The Bertz CT molecular complexity index is 1100. The second kappa shape index (κ2) is 7.55. The van der Waals surface area contributed by atoms with Crippen LogP contribution >= 0.6 is 0 Å². The van der Waals surface area contributed by atoms with Crippen molar-refractivity contribution >= 4 is 21.9 Å². The van der Waals surface area contributed by atoms with Crippen molar-refractivity contribution in [1.29, 1.82) is 0 Å². The average molecular weight is 385 g/mol. The van der Waals surface area contributed by atoms with Crippen molar-refractivity contribution in [2.45, 2.75) is 5.03 Å². The molecule has 1 N–H and O–H groups in total. The molecule has 27 heavy (non-hydrogen) atoms. The van der Waals surface area contributed by atoms with Crippen molar-refractivity contribution in [2.24, 2.45) is 0 Å². The topological polar surface area (TPSA) is 81.2 Å². The van der Waals surface area contributed by atoms with Crippen LogP contribution in [0.15, 0.2) is 66.2 Å². The molecule has 0 aliphatic heterocycles. The van der Waals surface area contributed by atoms with Crippen LogP contribution in [-0.4, -0.2) is 25.5 Å². The lowest BCUT2D eigenvalue weighted by molar-refractivity contribution is 0.415. The van der Waals surface area contributed by atoms with E-state index in [1.54, 1.807) is 12.1 Å². The van der Waals surface area contributed by atoms with Gasteiger partial charge in [0.25, 0.3) is 10.0 Å². The number of rotatable bonds is 6. The molecule has 0 saturated carbocycles. The normalized spacial score (nSPS) is 11.0. The molecule has 0 aliphatic rings. The molecule has 6 nitrogen and oxygen atoms in total. The molecule has 0 aliphatic carbocycles. The highest BCUT2D eigenvalue weighted by atomic mass is 32.2. The lowest BCUT2D eigenvalue weighted by Gasteiger charge is -2.13. The van der Waals surface area contributed by atoms with Gasteiger partial charge in [-0.05, 0) is 29.8 Å². The van der Waals surface area contributed by atoms with E-state index in [0.29, 0.717) is 11.4 Å². The lowest BCUT2D eigenvalue weighted by atomic mass is 10.0. The van der Waals surface area contributed by atoms with E-state index in [4.69, 9.17) is 4.74 Å². The van der Waals surface area contributed by atoms with Gasteiger partial charge in [0, 0.05) is 5.56 Å². The minimum absolute atomic E-state index is 0.0516. The van der Waals surface area contributed by atoms with E-state index in [9.17, 15) is 12.8 Å². The van der Waals surface area contributed by atoms with Crippen molar-refractivity contribution in [3.63, 3.8) is 0 Å². The summed E-state index contributed by atoms with van der Waals surface area (Å²) in [5.41, 5.74) is 1.99. The molecule has 3 rings (SSSR count). The number of anilines is 1. The number of benzene rings is 1. The number of nitrogens with zero attached hydrogens (tertiary/aromatic N) is 2. The maximum absolute atomic E-state index is 13.3. The van der Waals surface area contributed by atoms with Crippen molar-refractivity contribution in [1.82, 2.24) is 9.97 Å². The van der Waals surface area contributed by atoms with E-state index < -0.39 is 21.0 Å². The fourth-order valence-corrected chi connectivity index (χ4v) is 3.44. The Morgan fingerprint density at radius 2 is 1.85 bits per heavy atom. The van der Waals surface area contributed by atoms with Crippen molar-refractivity contribution in [3.8, 4) is 17.0 Å². The van der Waals surface area contributed by atoms with E-state index in [-0.39, 0.29) is 5.82 Å². The molecule has 2 heterocycles. The van der Waals surface area contributed by atoms with Gasteiger partial charge in [0.1, 0.15) is 17.3 Å². The maximum Gasteiger partial charge on any atom is 0.280 e. The SMILES string of the molecule is C=Cc1ccccc1-c1nc(NS(=O)(=O)c2cccc(F)n2)ccc1OC. The zero-order valence-corrected chi connectivity index (χ0v) is 15.2. The molecule has 0 radical (unpaired) electrons. The third-order valence-corrected chi connectivity index (χ3v) is 4.97. The molecule has 1 aromatic carbocycles. The van der Waals surface area contributed by atoms with Crippen LogP contribution in [0.3, 0.4) is 0 Å². The molecule has 2 aromatic heterocycles. The highest BCUT2D eigenvalue weighted by Gasteiger charge is 2.19. The average Bonchev–Trinajstić information content (AvgIpc) is 2.67. The maximum atomic E-state index is 13.3. The number of ether oxygens (including phenoxy) is 1. The first-order valence-corrected chi connectivity index (χ1v) is 9.35. The van der Waals surface area contributed by atoms with Crippen LogP contribution in [0.2, 0.25) is 0 Å². The van der Waals surface area contributed by atoms with E-state index >= 15 is 0 Å². The van der Waals surface area contributed by atoms with Crippen LogP contribution in [-0.2, 0) is 10.0 Å². The summed E-state index contributed by atoms with van der Waals surface area (Å²) in [6.45, 7) is 3.78. The predicted molar refractivity (Wildman–Crippen MR) is 101 cm³/mol. The summed E-state index contributed by atoms with van der Waals surface area (Å²) in [4.78, 5) is 7.77. The van der Waals surface area contributed by atoms with E-state index in [1.807, 2.05) is 24.3 Å². The Kier molecular flexibility index (Phi) is 5.18. The molecular weight excluding hydrogens is 369 g/mol. The molecule has 0 atom stereocenters. The predicted octanol–water partition coefficient (Wildman–Crippen LogP) is 3.74. The van der Waals surface area contributed by atoms with Crippen LogP contribution in [0, 0.1) is 5.95 Å². The highest BCUT2D eigenvalue weighted by Crippen LogP contribution is 2.32. The molecule has 138 valence electrons. The zero-order chi connectivity index (χ0) is 19.4. The number of aromatic nitrogens is 2. The van der Waals surface area contributed by atoms with E-state index in [1.165, 1.54) is 25.3 Å². The molecule has 0 saturated heterocycles. The molecule has 0 amide bonds. The number of sulfonamides is 1. The summed E-state index contributed by atoms with van der Waals surface area (Å²) in [6.07, 6.45) is 1.67. The number of hydrogen-bond acceptors (Lipinski definition) is 5. The molecule has 0 fully saturated rings. The van der Waals surface area contributed by atoms with E-state index in [2.05, 4.69) is 21.3 Å². The number of halogens is 1. The minimum Gasteiger partial charge on any atom is -0.494 e. The quantitative estimate of drug-likeness (QED) is 0.654. The number of methoxy groups -OCH3 is 1. The second-order valence-electron chi connectivity index (χ2n) is 5.44. The van der Waals surface area contributed by atoms with Gasteiger partial charge < -0.3 is 4.74 Å². The summed E-state index contributed by atoms with van der Waals surface area (Å²) in [7, 11) is -2.60. The van der Waals surface area contributed by atoms with Crippen LogP contribution in [0.4, 0.5) is 10.2 Å². The fraction of sp³-hybridized carbons (Fsp3) is 0.0526. The Morgan fingerprint density at radius 1 is 1.07 bits per heavy atom. The van der Waals surface area contributed by atoms with Crippen LogP contribution in [0.5, 0.6) is 5.75 Å². The van der Waals surface area contributed by atoms with Crippen LogP contribution in [0.1, 0.15) is 5.56 Å². The van der Waals surface area contributed by atoms with Crippen LogP contribution in [0.25, 0.3) is 17.3 Å². The first-order valence-electron chi connectivity index (χ1n) is 7.87. The number of hydrogen-bond donors (Lipinski definition) is 1. The fourth-order valence-electron chi connectivity index (χ4n) is 2.48. The Labute approximate surface area is 156 Å². The number of nitrogens with one attached hydrogen (secondary N) is 1. The summed E-state index contributed by atoms with van der Waals surface area (Å²) in [5.74, 6) is -0.368. The van der Waals surface area contributed by atoms with E-state index in [0.717, 1.165) is 17.2 Å². The molecule has 0 bridgehead atoms. The van der Waals surface area contributed by atoms with Gasteiger partial charge in [0.15, 0.2) is 5.03 Å². The van der Waals surface area contributed by atoms with Crippen LogP contribution < -0.4 is 9.46 Å². The smallest absolute Gasteiger partial charge is 0.280 e. The molecule has 0 spiro atoms. The highest BCUT2D eigenvalue weighted by molar-refractivity contribution is 7.92. The third-order valence-electron chi connectivity index (χ3n) is 3.72. The van der Waals surface area contributed by atoms with Gasteiger partial charge in [-0.2, -0.15) is 12.8 Å². The third kappa shape index (κ3) is 3.95. The zero-order valence-electron chi connectivity index (χ0n) is 14.4. The Hall–Kier alpha value is -3.26. The van der Waals surface area contributed by atoms with Gasteiger partial charge in [0.2, 0.25) is 5.95 Å².